The monoisotopic (exact) mass is 249 g/mol. The Bertz CT molecular complexity index is 505. The highest BCUT2D eigenvalue weighted by Crippen LogP contribution is 2.19. The van der Waals surface area contributed by atoms with E-state index in [1.165, 1.54) is 5.56 Å². The van der Waals surface area contributed by atoms with E-state index in [0.717, 1.165) is 29.2 Å². The second-order valence-corrected chi connectivity index (χ2v) is 4.49. The minimum absolute atomic E-state index is 0.773. The second-order valence-electron chi connectivity index (χ2n) is 4.08. The molecule has 2 aromatic rings. The number of likely N-dealkylation sites (N-methyl/N-ethyl adjacent to an activating group) is 1. The minimum atomic E-state index is 0.773. The van der Waals surface area contributed by atoms with Crippen LogP contribution in [0.3, 0.4) is 0 Å². The summed E-state index contributed by atoms with van der Waals surface area (Å²) in [5, 5.41) is 8.24. The number of hydrogen-bond donors (Lipinski definition) is 1. The topological polar surface area (TPSA) is 29.9 Å². The van der Waals surface area contributed by atoms with Crippen LogP contribution in [0.25, 0.3) is 5.69 Å². The standard InChI is InChI=1S/C13H16ClN3/c1-10-3-4-12(7-13(10)14)17-9-11(8-16-17)5-6-15-2/h3-4,7-9,15H,5-6H2,1-2H3. The fourth-order valence-electron chi connectivity index (χ4n) is 1.62. The van der Waals surface area contributed by atoms with Crippen LogP contribution in [0.15, 0.2) is 30.6 Å². The molecular formula is C13H16ClN3. The number of halogens is 1. The highest BCUT2D eigenvalue weighted by Gasteiger charge is 2.02. The number of nitrogens with zero attached hydrogens (tertiary/aromatic N) is 2. The van der Waals surface area contributed by atoms with Gasteiger partial charge in [0, 0.05) is 11.2 Å². The van der Waals surface area contributed by atoms with Crippen molar-refractivity contribution < 1.29 is 0 Å². The van der Waals surface area contributed by atoms with Crippen molar-refractivity contribution >= 4 is 11.6 Å². The zero-order valence-electron chi connectivity index (χ0n) is 10.1. The summed E-state index contributed by atoms with van der Waals surface area (Å²) in [6, 6.07) is 5.97. The highest BCUT2D eigenvalue weighted by molar-refractivity contribution is 6.31. The lowest BCUT2D eigenvalue weighted by Crippen LogP contribution is -2.09. The van der Waals surface area contributed by atoms with Gasteiger partial charge in [0.15, 0.2) is 0 Å². The Morgan fingerprint density at radius 2 is 2.24 bits per heavy atom. The summed E-state index contributed by atoms with van der Waals surface area (Å²) in [5.74, 6) is 0. The molecule has 1 N–H and O–H groups in total. The molecule has 0 radical (unpaired) electrons. The maximum Gasteiger partial charge on any atom is 0.0660 e. The Labute approximate surface area is 106 Å². The van der Waals surface area contributed by atoms with Crippen LogP contribution in [0.2, 0.25) is 5.02 Å². The summed E-state index contributed by atoms with van der Waals surface area (Å²) in [5.41, 5.74) is 3.30. The minimum Gasteiger partial charge on any atom is -0.319 e. The number of aromatic nitrogens is 2. The van der Waals surface area contributed by atoms with Crippen molar-refractivity contribution in [3.05, 3.63) is 46.7 Å². The van der Waals surface area contributed by atoms with Crippen molar-refractivity contribution in [3.63, 3.8) is 0 Å². The van der Waals surface area contributed by atoms with E-state index in [9.17, 15) is 0 Å². The maximum absolute atomic E-state index is 6.10. The van der Waals surface area contributed by atoms with E-state index in [2.05, 4.69) is 10.4 Å². The first-order valence-corrected chi connectivity index (χ1v) is 6.03. The first kappa shape index (κ1) is 12.1. The van der Waals surface area contributed by atoms with Crippen molar-refractivity contribution in [3.8, 4) is 5.69 Å². The van der Waals surface area contributed by atoms with Crippen molar-refractivity contribution in [2.24, 2.45) is 0 Å². The molecule has 0 amide bonds. The van der Waals surface area contributed by atoms with E-state index in [-0.39, 0.29) is 0 Å². The van der Waals surface area contributed by atoms with E-state index >= 15 is 0 Å². The van der Waals surface area contributed by atoms with Gasteiger partial charge in [-0.1, -0.05) is 17.7 Å². The number of benzene rings is 1. The molecule has 1 aromatic heterocycles. The molecule has 0 saturated carbocycles. The summed E-state index contributed by atoms with van der Waals surface area (Å²) in [6.07, 6.45) is 4.92. The van der Waals surface area contributed by atoms with Gasteiger partial charge in [-0.05, 0) is 50.2 Å². The SMILES string of the molecule is CNCCc1cnn(-c2ccc(C)c(Cl)c2)c1. The summed E-state index contributed by atoms with van der Waals surface area (Å²) in [4.78, 5) is 0. The van der Waals surface area contributed by atoms with Gasteiger partial charge in [-0.15, -0.1) is 0 Å². The zero-order chi connectivity index (χ0) is 12.3. The third-order valence-corrected chi connectivity index (χ3v) is 3.13. The highest BCUT2D eigenvalue weighted by atomic mass is 35.5. The van der Waals surface area contributed by atoms with Crippen LogP contribution in [0.5, 0.6) is 0 Å². The molecule has 1 heterocycles. The lowest BCUT2D eigenvalue weighted by Gasteiger charge is -2.03. The molecule has 4 heteroatoms. The van der Waals surface area contributed by atoms with Gasteiger partial charge >= 0.3 is 0 Å². The summed E-state index contributed by atoms with van der Waals surface area (Å²) in [7, 11) is 1.95. The van der Waals surface area contributed by atoms with Gasteiger partial charge in [-0.2, -0.15) is 5.10 Å². The molecular weight excluding hydrogens is 234 g/mol. The number of nitrogens with one attached hydrogen (secondary N) is 1. The summed E-state index contributed by atoms with van der Waals surface area (Å²) < 4.78 is 1.86. The van der Waals surface area contributed by atoms with Crippen LogP contribution in [0, 0.1) is 6.92 Å². The molecule has 0 aliphatic heterocycles. The van der Waals surface area contributed by atoms with Crippen molar-refractivity contribution in [1.29, 1.82) is 0 Å². The molecule has 0 aliphatic rings. The molecule has 0 unspecified atom stereocenters. The average Bonchev–Trinajstić information content (AvgIpc) is 2.79. The lowest BCUT2D eigenvalue weighted by atomic mass is 10.2. The van der Waals surface area contributed by atoms with Crippen molar-refractivity contribution in [2.45, 2.75) is 13.3 Å². The van der Waals surface area contributed by atoms with Gasteiger partial charge in [0.05, 0.1) is 11.9 Å². The van der Waals surface area contributed by atoms with Crippen LogP contribution < -0.4 is 5.32 Å². The van der Waals surface area contributed by atoms with Crippen LogP contribution >= 0.6 is 11.6 Å². The number of hydrogen-bond acceptors (Lipinski definition) is 2. The van der Waals surface area contributed by atoms with Gasteiger partial charge in [-0.25, -0.2) is 4.68 Å². The molecule has 17 heavy (non-hydrogen) atoms. The van der Waals surface area contributed by atoms with Gasteiger partial charge < -0.3 is 5.32 Å². The van der Waals surface area contributed by atoms with E-state index in [4.69, 9.17) is 11.6 Å². The van der Waals surface area contributed by atoms with Gasteiger partial charge in [0.2, 0.25) is 0 Å². The Hall–Kier alpha value is -1.32. The van der Waals surface area contributed by atoms with E-state index in [0.29, 0.717) is 0 Å². The molecule has 0 aliphatic carbocycles. The molecule has 90 valence electrons. The Morgan fingerprint density at radius 3 is 2.94 bits per heavy atom. The molecule has 0 spiro atoms. The molecule has 1 aromatic carbocycles. The van der Waals surface area contributed by atoms with Crippen LogP contribution in [-0.4, -0.2) is 23.4 Å². The lowest BCUT2D eigenvalue weighted by molar-refractivity contribution is 0.791. The Balaban J connectivity index is 2.21. The van der Waals surface area contributed by atoms with E-state index < -0.39 is 0 Å². The summed E-state index contributed by atoms with van der Waals surface area (Å²) >= 11 is 6.10. The quantitative estimate of drug-likeness (QED) is 0.903. The third kappa shape index (κ3) is 2.87. The molecule has 0 saturated heterocycles. The molecule has 0 bridgehead atoms. The predicted molar refractivity (Wildman–Crippen MR) is 70.9 cm³/mol. The second kappa shape index (κ2) is 5.34. The first-order valence-electron chi connectivity index (χ1n) is 5.65. The largest absolute Gasteiger partial charge is 0.319 e. The van der Waals surface area contributed by atoms with Gasteiger partial charge in [-0.3, -0.25) is 0 Å². The van der Waals surface area contributed by atoms with Crippen molar-refractivity contribution in [2.75, 3.05) is 13.6 Å². The van der Waals surface area contributed by atoms with E-state index in [1.54, 1.807) is 0 Å². The zero-order valence-corrected chi connectivity index (χ0v) is 10.8. The van der Waals surface area contributed by atoms with E-state index in [1.807, 2.05) is 49.2 Å². The van der Waals surface area contributed by atoms with Gasteiger partial charge in [0.1, 0.15) is 0 Å². The number of aryl methyl sites for hydroxylation is 1. The molecule has 0 atom stereocenters. The molecule has 2 rings (SSSR count). The Morgan fingerprint density at radius 1 is 1.41 bits per heavy atom. The Kier molecular flexibility index (Phi) is 3.82. The normalized spacial score (nSPS) is 10.8. The fraction of sp³-hybridized carbons (Fsp3) is 0.308. The van der Waals surface area contributed by atoms with Crippen molar-refractivity contribution in [1.82, 2.24) is 15.1 Å². The fourth-order valence-corrected chi connectivity index (χ4v) is 1.80. The van der Waals surface area contributed by atoms with Crippen LogP contribution in [0.1, 0.15) is 11.1 Å². The first-order chi connectivity index (χ1) is 8.20. The molecule has 0 fully saturated rings. The summed E-state index contributed by atoms with van der Waals surface area (Å²) in [6.45, 7) is 2.95. The smallest absolute Gasteiger partial charge is 0.0660 e. The predicted octanol–water partition coefficient (Wildman–Crippen LogP) is 2.60. The third-order valence-electron chi connectivity index (χ3n) is 2.72. The molecule has 3 nitrogen and oxygen atoms in total. The van der Waals surface area contributed by atoms with Gasteiger partial charge in [0.25, 0.3) is 0 Å². The van der Waals surface area contributed by atoms with Crippen LogP contribution in [0.4, 0.5) is 0 Å². The average molecular weight is 250 g/mol. The maximum atomic E-state index is 6.10. The number of rotatable bonds is 4. The van der Waals surface area contributed by atoms with Crippen LogP contribution in [-0.2, 0) is 6.42 Å².